The zero-order valence-corrected chi connectivity index (χ0v) is 15.2. The van der Waals surface area contributed by atoms with E-state index in [0.717, 1.165) is 19.5 Å². The molecule has 1 saturated heterocycles. The predicted molar refractivity (Wildman–Crippen MR) is 95.8 cm³/mol. The number of nitrogen functional groups attached to an aromatic ring is 1. The Morgan fingerprint density at radius 2 is 1.96 bits per heavy atom. The molecule has 0 aliphatic carbocycles. The van der Waals surface area contributed by atoms with Gasteiger partial charge in [0.15, 0.2) is 5.82 Å². The molecule has 0 unspecified atom stereocenters. The molecule has 2 atom stereocenters. The minimum Gasteiger partial charge on any atom is -0.341 e. The van der Waals surface area contributed by atoms with E-state index < -0.39 is 5.82 Å². The zero-order chi connectivity index (χ0) is 18.0. The summed E-state index contributed by atoms with van der Waals surface area (Å²) in [6, 6.07) is 6.25. The van der Waals surface area contributed by atoms with Crippen molar-refractivity contribution in [3.05, 3.63) is 30.1 Å². The molecule has 1 aromatic heterocycles. The summed E-state index contributed by atoms with van der Waals surface area (Å²) in [6.07, 6.45) is 1.15. The van der Waals surface area contributed by atoms with Crippen LogP contribution in [0, 0.1) is 17.7 Å². The van der Waals surface area contributed by atoms with Crippen molar-refractivity contribution in [3.63, 3.8) is 0 Å². The maximum Gasteiger partial charge on any atom is 0.233 e. The molecule has 0 saturated carbocycles. The van der Waals surface area contributed by atoms with Gasteiger partial charge in [0.05, 0.1) is 11.3 Å². The van der Waals surface area contributed by atoms with Crippen molar-refractivity contribution in [3.8, 4) is 11.4 Å². The topological polar surface area (TPSA) is 77.0 Å². The van der Waals surface area contributed by atoms with Crippen LogP contribution in [0.1, 0.15) is 20.3 Å². The first-order valence-electron chi connectivity index (χ1n) is 8.31. The van der Waals surface area contributed by atoms with E-state index in [1.807, 2.05) is 4.90 Å². The maximum atomic E-state index is 13.9. The fourth-order valence-corrected chi connectivity index (χ4v) is 4.05. The second kappa shape index (κ2) is 7.43. The number of thioether (sulfide) groups is 1. The number of halogens is 1. The first kappa shape index (κ1) is 17.7. The number of benzene rings is 1. The normalized spacial score (nSPS) is 20.7. The van der Waals surface area contributed by atoms with E-state index in [2.05, 4.69) is 24.0 Å². The summed E-state index contributed by atoms with van der Waals surface area (Å²) >= 11 is 1.22. The summed E-state index contributed by atoms with van der Waals surface area (Å²) in [6.45, 7) is 5.92. The molecule has 1 aliphatic rings. The Bertz CT molecular complexity index is 755. The highest BCUT2D eigenvalue weighted by Gasteiger charge is 2.26. The van der Waals surface area contributed by atoms with Gasteiger partial charge in [-0.2, -0.15) is 0 Å². The van der Waals surface area contributed by atoms with Crippen LogP contribution in [0.2, 0.25) is 0 Å². The summed E-state index contributed by atoms with van der Waals surface area (Å²) in [5.74, 6) is 7.17. The average Bonchev–Trinajstić information content (AvgIpc) is 2.93. The first-order chi connectivity index (χ1) is 12.0. The number of amides is 1. The van der Waals surface area contributed by atoms with E-state index in [1.54, 1.807) is 18.2 Å². The van der Waals surface area contributed by atoms with Gasteiger partial charge in [-0.15, -0.1) is 10.2 Å². The van der Waals surface area contributed by atoms with Crippen LogP contribution in [-0.2, 0) is 4.79 Å². The second-order valence-corrected chi connectivity index (χ2v) is 7.63. The Hall–Kier alpha value is -2.09. The molecule has 25 heavy (non-hydrogen) atoms. The van der Waals surface area contributed by atoms with Gasteiger partial charge in [-0.3, -0.25) is 4.79 Å². The number of likely N-dealkylation sites (tertiary alicyclic amines) is 1. The quantitative estimate of drug-likeness (QED) is 0.667. The summed E-state index contributed by atoms with van der Waals surface area (Å²) in [5.41, 5.74) is 0.286. The highest BCUT2D eigenvalue weighted by Crippen LogP contribution is 2.25. The third-order valence-electron chi connectivity index (χ3n) is 4.33. The average molecular weight is 363 g/mol. The third-order valence-corrected chi connectivity index (χ3v) is 5.25. The summed E-state index contributed by atoms with van der Waals surface area (Å²) in [7, 11) is 0. The van der Waals surface area contributed by atoms with Gasteiger partial charge in [-0.25, -0.2) is 9.07 Å². The predicted octanol–water partition coefficient (Wildman–Crippen LogP) is 2.39. The van der Waals surface area contributed by atoms with Gasteiger partial charge in [-0.1, -0.05) is 37.7 Å². The van der Waals surface area contributed by atoms with Crippen molar-refractivity contribution in [2.45, 2.75) is 25.4 Å². The molecular weight excluding hydrogens is 341 g/mol. The number of nitrogens with two attached hydrogens (primary N) is 1. The fraction of sp³-hybridized carbons (Fsp3) is 0.471. The van der Waals surface area contributed by atoms with Crippen molar-refractivity contribution in [1.29, 1.82) is 0 Å². The second-order valence-electron chi connectivity index (χ2n) is 6.69. The molecule has 0 spiro atoms. The van der Waals surface area contributed by atoms with Crippen LogP contribution in [-0.4, -0.2) is 44.5 Å². The Morgan fingerprint density at radius 3 is 2.64 bits per heavy atom. The number of rotatable bonds is 4. The number of carbonyl (C=O) groups is 1. The van der Waals surface area contributed by atoms with Crippen molar-refractivity contribution >= 4 is 17.7 Å². The largest absolute Gasteiger partial charge is 0.341 e. The number of carbonyl (C=O) groups excluding carboxylic acids is 1. The Morgan fingerprint density at radius 1 is 1.28 bits per heavy atom. The molecule has 2 heterocycles. The van der Waals surface area contributed by atoms with Crippen LogP contribution in [0.25, 0.3) is 11.4 Å². The van der Waals surface area contributed by atoms with E-state index in [9.17, 15) is 9.18 Å². The molecule has 1 amide bonds. The van der Waals surface area contributed by atoms with E-state index in [0.29, 0.717) is 17.0 Å². The standard InChI is InChI=1S/C17H22FN5OS/c1-11-7-12(2)9-22(8-11)15(24)10-25-17-21-20-16(23(17)19)13-5-3-4-6-14(13)18/h3-6,11-12H,7-10,19H2,1-2H3/t11-,12-/m1/s1. The van der Waals surface area contributed by atoms with Crippen LogP contribution in [0.15, 0.2) is 29.4 Å². The molecule has 1 fully saturated rings. The molecule has 3 rings (SSSR count). The zero-order valence-electron chi connectivity index (χ0n) is 14.4. The van der Waals surface area contributed by atoms with Gasteiger partial charge in [0.25, 0.3) is 0 Å². The lowest BCUT2D eigenvalue weighted by atomic mass is 9.92. The third kappa shape index (κ3) is 3.95. The fourth-order valence-electron chi connectivity index (χ4n) is 3.29. The van der Waals surface area contributed by atoms with Gasteiger partial charge >= 0.3 is 0 Å². The van der Waals surface area contributed by atoms with Crippen molar-refractivity contribution in [1.82, 2.24) is 19.8 Å². The van der Waals surface area contributed by atoms with Gasteiger partial charge < -0.3 is 10.7 Å². The number of hydrogen-bond acceptors (Lipinski definition) is 5. The number of nitrogens with zero attached hydrogens (tertiary/aromatic N) is 4. The molecule has 8 heteroatoms. The van der Waals surface area contributed by atoms with E-state index in [4.69, 9.17) is 5.84 Å². The summed E-state index contributed by atoms with van der Waals surface area (Å²) in [4.78, 5) is 14.4. The smallest absolute Gasteiger partial charge is 0.233 e. The molecular formula is C17H22FN5OS. The lowest BCUT2D eigenvalue weighted by Gasteiger charge is -2.34. The van der Waals surface area contributed by atoms with Crippen LogP contribution >= 0.6 is 11.8 Å². The molecule has 2 N–H and O–H groups in total. The lowest BCUT2D eigenvalue weighted by molar-refractivity contribution is -0.130. The number of piperidine rings is 1. The molecule has 1 aliphatic heterocycles. The van der Waals surface area contributed by atoms with Crippen LogP contribution in [0.5, 0.6) is 0 Å². The summed E-state index contributed by atoms with van der Waals surface area (Å²) in [5, 5.41) is 8.35. The Balaban J connectivity index is 1.66. The van der Waals surface area contributed by atoms with Crippen LogP contribution < -0.4 is 5.84 Å². The van der Waals surface area contributed by atoms with Gasteiger partial charge in [0.1, 0.15) is 5.82 Å². The Kier molecular flexibility index (Phi) is 5.27. The SMILES string of the molecule is C[C@@H]1C[C@@H](C)CN(C(=O)CSc2nnc(-c3ccccc3F)n2N)C1. The summed E-state index contributed by atoms with van der Waals surface area (Å²) < 4.78 is 15.1. The van der Waals surface area contributed by atoms with Gasteiger partial charge in [0, 0.05) is 13.1 Å². The van der Waals surface area contributed by atoms with E-state index in [1.165, 1.54) is 22.5 Å². The molecule has 6 nitrogen and oxygen atoms in total. The highest BCUT2D eigenvalue weighted by molar-refractivity contribution is 7.99. The minimum atomic E-state index is -0.412. The van der Waals surface area contributed by atoms with Crippen molar-refractivity contribution in [2.75, 3.05) is 24.7 Å². The van der Waals surface area contributed by atoms with Gasteiger partial charge in [-0.05, 0) is 30.4 Å². The molecule has 1 aromatic carbocycles. The Labute approximate surface area is 150 Å². The number of hydrogen-bond donors (Lipinski definition) is 1. The molecule has 2 aromatic rings. The molecule has 134 valence electrons. The van der Waals surface area contributed by atoms with Crippen LogP contribution in [0.4, 0.5) is 4.39 Å². The van der Waals surface area contributed by atoms with Gasteiger partial charge in [0.2, 0.25) is 11.1 Å². The number of aromatic nitrogens is 3. The minimum absolute atomic E-state index is 0.0684. The van der Waals surface area contributed by atoms with E-state index in [-0.39, 0.29) is 23.0 Å². The van der Waals surface area contributed by atoms with Crippen molar-refractivity contribution in [2.24, 2.45) is 11.8 Å². The monoisotopic (exact) mass is 363 g/mol. The molecule has 0 bridgehead atoms. The highest BCUT2D eigenvalue weighted by atomic mass is 32.2. The molecule has 0 radical (unpaired) electrons. The maximum absolute atomic E-state index is 13.9. The lowest BCUT2D eigenvalue weighted by Crippen LogP contribution is -2.43. The van der Waals surface area contributed by atoms with Crippen LogP contribution in [0.3, 0.4) is 0 Å². The van der Waals surface area contributed by atoms with Crippen molar-refractivity contribution < 1.29 is 9.18 Å². The first-order valence-corrected chi connectivity index (χ1v) is 9.30. The van der Waals surface area contributed by atoms with E-state index >= 15 is 0 Å².